The van der Waals surface area contributed by atoms with Gasteiger partial charge in [-0.3, -0.25) is 0 Å². The lowest BCUT2D eigenvalue weighted by Crippen LogP contribution is -2.14. The topological polar surface area (TPSA) is 46.0 Å². The predicted octanol–water partition coefficient (Wildman–Crippen LogP) is 2.42. The first-order valence-corrected chi connectivity index (χ1v) is 5.37. The van der Waals surface area contributed by atoms with Crippen molar-refractivity contribution < 1.29 is 5.11 Å². The fourth-order valence-electron chi connectivity index (χ4n) is 1.80. The third-order valence-electron chi connectivity index (χ3n) is 2.59. The highest BCUT2D eigenvalue weighted by molar-refractivity contribution is 5.82. The number of fused-ring (bicyclic) bond motifs is 1. The van der Waals surface area contributed by atoms with Gasteiger partial charge in [-0.1, -0.05) is 32.9 Å². The van der Waals surface area contributed by atoms with Crippen LogP contribution in [-0.4, -0.2) is 15.1 Å². The summed E-state index contributed by atoms with van der Waals surface area (Å²) < 4.78 is 0. The molecule has 0 fully saturated rings. The number of benzene rings is 1. The minimum absolute atomic E-state index is 0.00191. The summed E-state index contributed by atoms with van der Waals surface area (Å²) in [5.41, 5.74) is 2.82. The Labute approximate surface area is 95.2 Å². The van der Waals surface area contributed by atoms with Gasteiger partial charge in [-0.2, -0.15) is 0 Å². The molecule has 2 rings (SSSR count). The zero-order valence-corrected chi connectivity index (χ0v) is 9.86. The number of nitrogens with zero attached hydrogens (tertiary/aromatic N) is 2. The van der Waals surface area contributed by atoms with Gasteiger partial charge in [-0.25, -0.2) is 9.97 Å². The molecule has 2 aromatic rings. The monoisotopic (exact) mass is 216 g/mol. The molecule has 0 spiro atoms. The van der Waals surface area contributed by atoms with Crippen molar-refractivity contribution in [2.24, 2.45) is 0 Å². The van der Waals surface area contributed by atoms with Crippen molar-refractivity contribution >= 4 is 10.9 Å². The summed E-state index contributed by atoms with van der Waals surface area (Å²) in [5, 5.41) is 10.1. The molecule has 0 aliphatic heterocycles. The molecule has 1 heterocycles. The molecule has 16 heavy (non-hydrogen) atoms. The molecular weight excluding hydrogens is 200 g/mol. The fourth-order valence-corrected chi connectivity index (χ4v) is 1.80. The van der Waals surface area contributed by atoms with E-state index in [0.29, 0.717) is 0 Å². The Morgan fingerprint density at radius 3 is 2.56 bits per heavy atom. The van der Waals surface area contributed by atoms with Crippen LogP contribution in [0.1, 0.15) is 32.0 Å². The average molecular weight is 216 g/mol. The summed E-state index contributed by atoms with van der Waals surface area (Å²) in [7, 11) is 0. The van der Waals surface area contributed by atoms with Gasteiger partial charge in [0.05, 0.1) is 17.8 Å². The van der Waals surface area contributed by atoms with E-state index in [-0.39, 0.29) is 12.0 Å². The van der Waals surface area contributed by atoms with Crippen molar-refractivity contribution in [1.29, 1.82) is 0 Å². The third kappa shape index (κ3) is 1.91. The predicted molar refractivity (Wildman–Crippen MR) is 64.2 cm³/mol. The third-order valence-corrected chi connectivity index (χ3v) is 2.59. The van der Waals surface area contributed by atoms with Crippen molar-refractivity contribution in [2.45, 2.75) is 32.8 Å². The largest absolute Gasteiger partial charge is 0.392 e. The molecule has 1 aromatic heterocycles. The molecule has 0 saturated carbocycles. The SMILES string of the molecule is CC(C)(C)c1ncnc2cc(CO)ccc12. The van der Waals surface area contributed by atoms with Gasteiger partial charge < -0.3 is 5.11 Å². The molecule has 0 saturated heterocycles. The maximum Gasteiger partial charge on any atom is 0.116 e. The quantitative estimate of drug-likeness (QED) is 0.796. The summed E-state index contributed by atoms with van der Waals surface area (Å²) in [6.07, 6.45) is 1.59. The van der Waals surface area contributed by atoms with Crippen LogP contribution in [0, 0.1) is 0 Å². The Morgan fingerprint density at radius 2 is 1.94 bits per heavy atom. The van der Waals surface area contributed by atoms with Gasteiger partial charge in [0.25, 0.3) is 0 Å². The van der Waals surface area contributed by atoms with Crippen LogP contribution in [0.3, 0.4) is 0 Å². The second kappa shape index (κ2) is 3.83. The maximum atomic E-state index is 9.08. The lowest BCUT2D eigenvalue weighted by molar-refractivity contribution is 0.282. The molecule has 0 amide bonds. The van der Waals surface area contributed by atoms with Crippen molar-refractivity contribution in [1.82, 2.24) is 9.97 Å². The zero-order chi connectivity index (χ0) is 11.8. The molecule has 0 aliphatic rings. The second-order valence-corrected chi connectivity index (χ2v) is 4.98. The van der Waals surface area contributed by atoms with Crippen LogP contribution in [-0.2, 0) is 12.0 Å². The van der Waals surface area contributed by atoms with Gasteiger partial charge >= 0.3 is 0 Å². The second-order valence-electron chi connectivity index (χ2n) is 4.98. The highest BCUT2D eigenvalue weighted by atomic mass is 16.3. The van der Waals surface area contributed by atoms with Gasteiger partial charge in [0.2, 0.25) is 0 Å². The molecule has 84 valence electrons. The van der Waals surface area contributed by atoms with Crippen molar-refractivity contribution in [3.8, 4) is 0 Å². The average Bonchev–Trinajstić information content (AvgIpc) is 2.26. The van der Waals surface area contributed by atoms with Crippen LogP contribution in [0.5, 0.6) is 0 Å². The molecule has 0 bridgehead atoms. The van der Waals surface area contributed by atoms with E-state index in [0.717, 1.165) is 22.2 Å². The van der Waals surface area contributed by atoms with Gasteiger partial charge in [-0.15, -0.1) is 0 Å². The van der Waals surface area contributed by atoms with E-state index < -0.39 is 0 Å². The Morgan fingerprint density at radius 1 is 1.19 bits per heavy atom. The molecule has 0 radical (unpaired) electrons. The molecular formula is C13H16N2O. The van der Waals surface area contributed by atoms with Crippen LogP contribution < -0.4 is 0 Å². The fraction of sp³-hybridized carbons (Fsp3) is 0.385. The van der Waals surface area contributed by atoms with E-state index in [1.807, 2.05) is 18.2 Å². The highest BCUT2D eigenvalue weighted by Gasteiger charge is 2.18. The molecule has 0 unspecified atom stereocenters. The van der Waals surface area contributed by atoms with Crippen LogP contribution in [0.15, 0.2) is 24.5 Å². The van der Waals surface area contributed by atoms with Gasteiger partial charge in [-0.05, 0) is 11.6 Å². The first-order chi connectivity index (χ1) is 7.52. The van der Waals surface area contributed by atoms with E-state index in [1.165, 1.54) is 0 Å². The lowest BCUT2D eigenvalue weighted by Gasteiger charge is -2.19. The Bertz CT molecular complexity index is 515. The summed E-state index contributed by atoms with van der Waals surface area (Å²) in [6, 6.07) is 5.81. The Kier molecular flexibility index (Phi) is 2.64. The Balaban J connectivity index is 2.70. The number of aromatic nitrogens is 2. The minimum atomic E-state index is 0.00191. The van der Waals surface area contributed by atoms with E-state index in [1.54, 1.807) is 6.33 Å². The van der Waals surface area contributed by atoms with Gasteiger partial charge in [0.15, 0.2) is 0 Å². The standard InChI is InChI=1S/C13H16N2O/c1-13(2,3)12-10-5-4-9(7-16)6-11(10)14-8-15-12/h4-6,8,16H,7H2,1-3H3. The normalized spacial score (nSPS) is 12.0. The van der Waals surface area contributed by atoms with Crippen molar-refractivity contribution in [2.75, 3.05) is 0 Å². The highest BCUT2D eigenvalue weighted by Crippen LogP contribution is 2.27. The molecule has 0 atom stereocenters. The molecule has 1 N–H and O–H groups in total. The maximum absolute atomic E-state index is 9.08. The molecule has 3 heteroatoms. The summed E-state index contributed by atoms with van der Waals surface area (Å²) in [5.74, 6) is 0. The number of hydrogen-bond acceptors (Lipinski definition) is 3. The van der Waals surface area contributed by atoms with Gasteiger partial charge in [0, 0.05) is 10.8 Å². The number of hydrogen-bond donors (Lipinski definition) is 1. The lowest BCUT2D eigenvalue weighted by atomic mass is 9.89. The van der Waals surface area contributed by atoms with E-state index in [4.69, 9.17) is 5.11 Å². The van der Waals surface area contributed by atoms with E-state index in [2.05, 4.69) is 30.7 Å². The first kappa shape index (κ1) is 11.0. The number of aliphatic hydroxyl groups is 1. The van der Waals surface area contributed by atoms with Crippen molar-refractivity contribution in [3.63, 3.8) is 0 Å². The van der Waals surface area contributed by atoms with E-state index >= 15 is 0 Å². The summed E-state index contributed by atoms with van der Waals surface area (Å²) >= 11 is 0. The zero-order valence-electron chi connectivity index (χ0n) is 9.86. The van der Waals surface area contributed by atoms with Crippen LogP contribution in [0.4, 0.5) is 0 Å². The Hall–Kier alpha value is -1.48. The molecule has 1 aromatic carbocycles. The van der Waals surface area contributed by atoms with Crippen LogP contribution >= 0.6 is 0 Å². The number of rotatable bonds is 1. The van der Waals surface area contributed by atoms with Crippen molar-refractivity contribution in [3.05, 3.63) is 35.8 Å². The van der Waals surface area contributed by atoms with Crippen LogP contribution in [0.25, 0.3) is 10.9 Å². The molecule has 3 nitrogen and oxygen atoms in total. The first-order valence-electron chi connectivity index (χ1n) is 5.37. The summed E-state index contributed by atoms with van der Waals surface area (Å²) in [4.78, 5) is 8.60. The smallest absolute Gasteiger partial charge is 0.116 e. The minimum Gasteiger partial charge on any atom is -0.392 e. The van der Waals surface area contributed by atoms with Crippen LogP contribution in [0.2, 0.25) is 0 Å². The van der Waals surface area contributed by atoms with Gasteiger partial charge in [0.1, 0.15) is 6.33 Å². The summed E-state index contributed by atoms with van der Waals surface area (Å²) in [6.45, 7) is 6.45. The van der Waals surface area contributed by atoms with E-state index in [9.17, 15) is 0 Å². The number of aliphatic hydroxyl groups excluding tert-OH is 1. The molecule has 0 aliphatic carbocycles.